The van der Waals surface area contributed by atoms with Crippen LogP contribution in [0.3, 0.4) is 0 Å². The number of halogens is 2. The second-order valence-corrected chi connectivity index (χ2v) is 1.35. The fraction of sp³-hybridized carbons (Fsp3) is 0.200. The minimum atomic E-state index is -2.55. The maximum Gasteiger partial charge on any atom is 0.281 e. The van der Waals surface area contributed by atoms with Gasteiger partial charge in [-0.2, -0.15) is 0 Å². The zero-order valence-corrected chi connectivity index (χ0v) is 4.38. The lowest BCUT2D eigenvalue weighted by Gasteiger charge is -1.92. The molecule has 0 atom stereocenters. The molecule has 4 heteroatoms. The van der Waals surface area contributed by atoms with Gasteiger partial charge in [0.15, 0.2) is 0 Å². The van der Waals surface area contributed by atoms with Crippen LogP contribution in [-0.4, -0.2) is 9.97 Å². The number of alkyl halides is 2. The average molecular weight is 129 g/mol. The van der Waals surface area contributed by atoms with Crippen LogP contribution in [0, 0.1) is 6.07 Å². The Balaban J connectivity index is 2.85. The Labute approximate surface area is 50.6 Å². The fourth-order valence-corrected chi connectivity index (χ4v) is 0.389. The third kappa shape index (κ3) is 1.42. The van der Waals surface area contributed by atoms with E-state index in [0.717, 1.165) is 12.5 Å². The van der Waals surface area contributed by atoms with Crippen LogP contribution in [0.25, 0.3) is 0 Å². The minimum absolute atomic E-state index is 0.356. The van der Waals surface area contributed by atoms with Crippen LogP contribution in [-0.2, 0) is 0 Å². The van der Waals surface area contributed by atoms with Gasteiger partial charge < -0.3 is 0 Å². The summed E-state index contributed by atoms with van der Waals surface area (Å²) in [6.07, 6.45) is -0.319. The number of rotatable bonds is 1. The highest BCUT2D eigenvalue weighted by Gasteiger charge is 2.05. The lowest BCUT2D eigenvalue weighted by Crippen LogP contribution is -1.88. The SMILES string of the molecule is FC(F)c1[c]cncn1. The number of hydrogen-bond donors (Lipinski definition) is 0. The quantitative estimate of drug-likeness (QED) is 0.569. The molecule has 9 heavy (non-hydrogen) atoms. The van der Waals surface area contributed by atoms with Gasteiger partial charge in [0.2, 0.25) is 0 Å². The molecular weight excluding hydrogens is 126 g/mol. The third-order valence-corrected chi connectivity index (χ3v) is 0.757. The van der Waals surface area contributed by atoms with Gasteiger partial charge in [-0.25, -0.2) is 18.7 Å². The molecule has 0 unspecified atom stereocenters. The predicted molar refractivity (Wildman–Crippen MR) is 25.8 cm³/mol. The summed E-state index contributed by atoms with van der Waals surface area (Å²) >= 11 is 0. The molecule has 47 valence electrons. The Morgan fingerprint density at radius 3 is 2.67 bits per heavy atom. The van der Waals surface area contributed by atoms with E-state index >= 15 is 0 Å². The topological polar surface area (TPSA) is 25.8 Å². The van der Waals surface area contributed by atoms with Crippen molar-refractivity contribution in [2.45, 2.75) is 6.43 Å². The molecule has 1 heterocycles. The molecule has 0 fully saturated rings. The van der Waals surface area contributed by atoms with Gasteiger partial charge >= 0.3 is 0 Å². The van der Waals surface area contributed by atoms with Crippen molar-refractivity contribution in [3.8, 4) is 0 Å². The summed E-state index contributed by atoms with van der Waals surface area (Å²) in [6, 6.07) is 2.20. The maximum atomic E-state index is 11.6. The molecule has 1 aromatic heterocycles. The van der Waals surface area contributed by atoms with Crippen LogP contribution in [0.5, 0.6) is 0 Å². The largest absolute Gasteiger partial charge is 0.281 e. The number of aromatic nitrogens is 2. The van der Waals surface area contributed by atoms with E-state index in [4.69, 9.17) is 0 Å². The summed E-state index contributed by atoms with van der Waals surface area (Å²) in [6.45, 7) is 0. The monoisotopic (exact) mass is 129 g/mol. The lowest BCUT2D eigenvalue weighted by molar-refractivity contribution is 0.145. The van der Waals surface area contributed by atoms with Gasteiger partial charge in [0.1, 0.15) is 12.0 Å². The second kappa shape index (κ2) is 2.48. The van der Waals surface area contributed by atoms with Crippen molar-refractivity contribution >= 4 is 0 Å². The van der Waals surface area contributed by atoms with Gasteiger partial charge in [0, 0.05) is 12.3 Å². The van der Waals surface area contributed by atoms with E-state index in [1.165, 1.54) is 0 Å². The first-order valence-corrected chi connectivity index (χ1v) is 2.26. The minimum Gasteiger partial charge on any atom is -0.244 e. The van der Waals surface area contributed by atoms with Gasteiger partial charge in [0.05, 0.1) is 0 Å². The van der Waals surface area contributed by atoms with Gasteiger partial charge in [-0.3, -0.25) is 0 Å². The molecule has 0 saturated carbocycles. The standard InChI is InChI=1S/C5H3F2N2/c6-5(7)4-1-2-8-3-9-4/h2-3,5H. The highest BCUT2D eigenvalue weighted by Crippen LogP contribution is 2.12. The van der Waals surface area contributed by atoms with Crippen molar-refractivity contribution in [3.05, 3.63) is 24.3 Å². The molecule has 0 aromatic carbocycles. The van der Waals surface area contributed by atoms with Crippen LogP contribution in [0.4, 0.5) is 8.78 Å². The normalized spacial score (nSPS) is 10.1. The van der Waals surface area contributed by atoms with Crippen LogP contribution in [0.2, 0.25) is 0 Å². The van der Waals surface area contributed by atoms with Crippen LogP contribution in [0.1, 0.15) is 12.1 Å². The van der Waals surface area contributed by atoms with E-state index in [-0.39, 0.29) is 5.69 Å². The number of nitrogens with zero attached hydrogens (tertiary/aromatic N) is 2. The summed E-state index contributed by atoms with van der Waals surface area (Å²) in [5.41, 5.74) is -0.356. The summed E-state index contributed by atoms with van der Waals surface area (Å²) < 4.78 is 23.3. The van der Waals surface area contributed by atoms with Gasteiger partial charge in [0.25, 0.3) is 6.43 Å². The molecule has 0 aliphatic rings. The molecule has 0 spiro atoms. The Morgan fingerprint density at radius 1 is 1.56 bits per heavy atom. The molecule has 0 aliphatic carbocycles. The first-order valence-electron chi connectivity index (χ1n) is 2.26. The first-order chi connectivity index (χ1) is 4.30. The highest BCUT2D eigenvalue weighted by atomic mass is 19.3. The fourth-order valence-electron chi connectivity index (χ4n) is 0.389. The molecule has 0 bridgehead atoms. The van der Waals surface area contributed by atoms with Crippen molar-refractivity contribution in [1.29, 1.82) is 0 Å². The van der Waals surface area contributed by atoms with Crippen LogP contribution >= 0.6 is 0 Å². The summed E-state index contributed by atoms with van der Waals surface area (Å²) in [7, 11) is 0. The lowest BCUT2D eigenvalue weighted by atomic mass is 10.4. The van der Waals surface area contributed by atoms with E-state index in [1.807, 2.05) is 0 Å². The van der Waals surface area contributed by atoms with Crippen LogP contribution < -0.4 is 0 Å². The molecular formula is C5H3F2N2. The highest BCUT2D eigenvalue weighted by molar-refractivity contribution is 4.95. The molecule has 1 rings (SSSR count). The van der Waals surface area contributed by atoms with E-state index in [2.05, 4.69) is 16.0 Å². The molecule has 0 N–H and O–H groups in total. The molecule has 0 aliphatic heterocycles. The Hall–Kier alpha value is -1.06. The molecule has 0 saturated heterocycles. The zero-order chi connectivity index (χ0) is 6.69. The second-order valence-electron chi connectivity index (χ2n) is 1.35. The molecule has 0 amide bonds. The van der Waals surface area contributed by atoms with Crippen molar-refractivity contribution in [2.75, 3.05) is 0 Å². The van der Waals surface area contributed by atoms with Crippen molar-refractivity contribution in [2.24, 2.45) is 0 Å². The van der Waals surface area contributed by atoms with Gasteiger partial charge in [-0.05, 0) is 0 Å². The van der Waals surface area contributed by atoms with E-state index < -0.39 is 6.43 Å². The van der Waals surface area contributed by atoms with Crippen LogP contribution in [0.15, 0.2) is 12.5 Å². The molecule has 2 nitrogen and oxygen atoms in total. The third-order valence-electron chi connectivity index (χ3n) is 0.757. The van der Waals surface area contributed by atoms with E-state index in [0.29, 0.717) is 0 Å². The molecule has 1 radical (unpaired) electrons. The summed E-state index contributed by atoms with van der Waals surface area (Å²) in [4.78, 5) is 6.69. The number of hydrogen-bond acceptors (Lipinski definition) is 2. The Morgan fingerprint density at radius 2 is 2.33 bits per heavy atom. The van der Waals surface area contributed by atoms with E-state index in [9.17, 15) is 8.78 Å². The Bertz CT molecular complexity index is 176. The average Bonchev–Trinajstić information content (AvgIpc) is 1.90. The smallest absolute Gasteiger partial charge is 0.244 e. The summed E-state index contributed by atoms with van der Waals surface area (Å²) in [5, 5.41) is 0. The van der Waals surface area contributed by atoms with Crippen molar-refractivity contribution in [3.63, 3.8) is 0 Å². The maximum absolute atomic E-state index is 11.6. The van der Waals surface area contributed by atoms with Crippen molar-refractivity contribution in [1.82, 2.24) is 9.97 Å². The first kappa shape index (κ1) is 6.07. The zero-order valence-electron chi connectivity index (χ0n) is 4.38. The summed E-state index contributed by atoms with van der Waals surface area (Å²) in [5.74, 6) is 0. The van der Waals surface area contributed by atoms with Gasteiger partial charge in [-0.1, -0.05) is 0 Å². The molecule has 1 aromatic rings. The van der Waals surface area contributed by atoms with E-state index in [1.54, 1.807) is 0 Å². The predicted octanol–water partition coefficient (Wildman–Crippen LogP) is 1.21. The Kier molecular flexibility index (Phi) is 1.67. The van der Waals surface area contributed by atoms with Gasteiger partial charge in [-0.15, -0.1) is 0 Å². The van der Waals surface area contributed by atoms with Crippen molar-refractivity contribution < 1.29 is 8.78 Å².